The summed E-state index contributed by atoms with van der Waals surface area (Å²) in [5, 5.41) is 6.37. The van der Waals surface area contributed by atoms with Crippen LogP contribution in [-0.2, 0) is 4.79 Å². The lowest BCUT2D eigenvalue weighted by molar-refractivity contribution is -0.900. The zero-order valence-corrected chi connectivity index (χ0v) is 16.6. The van der Waals surface area contributed by atoms with E-state index in [0.29, 0.717) is 18.9 Å². The molecule has 2 aliphatic heterocycles. The minimum Gasteiger partial charge on any atom is -0.497 e. The predicted molar refractivity (Wildman–Crippen MR) is 106 cm³/mol. The van der Waals surface area contributed by atoms with Crippen molar-refractivity contribution in [2.45, 2.75) is 32.2 Å². The highest BCUT2D eigenvalue weighted by atomic mass is 16.5. The Bertz CT molecular complexity index is 829. The third kappa shape index (κ3) is 3.97. The molecule has 2 aliphatic rings. The number of ether oxygens (including phenoxy) is 1. The normalized spacial score (nSPS) is 24.9. The molecule has 28 heavy (non-hydrogen) atoms. The van der Waals surface area contributed by atoms with Crippen LogP contribution in [0.2, 0.25) is 0 Å². The first-order valence-electron chi connectivity index (χ1n) is 10.0. The molecule has 1 amide bonds. The molecular formula is C22H28N3O3+. The van der Waals surface area contributed by atoms with Crippen molar-refractivity contribution in [3.05, 3.63) is 54.0 Å². The fourth-order valence-electron chi connectivity index (χ4n) is 4.25. The molecule has 0 saturated carbocycles. The number of carbonyl (C=O) groups is 1. The number of rotatable bonds is 5. The van der Waals surface area contributed by atoms with E-state index in [2.05, 4.69) is 6.92 Å². The van der Waals surface area contributed by atoms with Gasteiger partial charge in [0.05, 0.1) is 32.2 Å². The summed E-state index contributed by atoms with van der Waals surface area (Å²) < 4.78 is 10.9. The Kier molecular flexibility index (Phi) is 5.48. The van der Waals surface area contributed by atoms with Gasteiger partial charge in [-0.25, -0.2) is 5.01 Å². The van der Waals surface area contributed by atoms with Gasteiger partial charge in [-0.15, -0.1) is 0 Å². The van der Waals surface area contributed by atoms with Crippen molar-refractivity contribution < 1.29 is 18.8 Å². The van der Waals surface area contributed by atoms with Crippen LogP contribution >= 0.6 is 0 Å². The van der Waals surface area contributed by atoms with Crippen molar-refractivity contribution in [3.63, 3.8) is 0 Å². The van der Waals surface area contributed by atoms with Gasteiger partial charge in [-0.05, 0) is 54.8 Å². The Hall–Kier alpha value is -2.60. The van der Waals surface area contributed by atoms with Gasteiger partial charge in [0.25, 0.3) is 5.91 Å². The Balaban J connectivity index is 1.55. The Morgan fingerprint density at radius 3 is 2.82 bits per heavy atom. The molecule has 6 nitrogen and oxygen atoms in total. The van der Waals surface area contributed by atoms with Crippen LogP contribution in [0, 0.1) is 5.92 Å². The summed E-state index contributed by atoms with van der Waals surface area (Å²) in [6.07, 6.45) is 4.75. The van der Waals surface area contributed by atoms with Gasteiger partial charge in [-0.3, -0.25) is 4.79 Å². The van der Waals surface area contributed by atoms with E-state index in [1.807, 2.05) is 36.4 Å². The van der Waals surface area contributed by atoms with Crippen molar-refractivity contribution in [2.75, 3.05) is 26.7 Å². The maximum absolute atomic E-state index is 13.1. The van der Waals surface area contributed by atoms with E-state index in [0.717, 1.165) is 35.9 Å². The summed E-state index contributed by atoms with van der Waals surface area (Å²) in [5.41, 5.74) is 1.91. The number of methoxy groups -OCH3 is 1. The Labute approximate surface area is 165 Å². The van der Waals surface area contributed by atoms with E-state index in [4.69, 9.17) is 14.3 Å². The molecule has 0 spiro atoms. The predicted octanol–water partition coefficient (Wildman–Crippen LogP) is 2.28. The fourth-order valence-corrected chi connectivity index (χ4v) is 4.25. The maximum atomic E-state index is 13.1. The summed E-state index contributed by atoms with van der Waals surface area (Å²) >= 11 is 0. The minimum atomic E-state index is -0.179. The second-order valence-corrected chi connectivity index (χ2v) is 7.88. The van der Waals surface area contributed by atoms with Gasteiger partial charge >= 0.3 is 0 Å². The van der Waals surface area contributed by atoms with Gasteiger partial charge in [-0.2, -0.15) is 5.10 Å². The zero-order valence-electron chi connectivity index (χ0n) is 16.6. The first kappa shape index (κ1) is 18.7. The molecule has 148 valence electrons. The SMILES string of the molecule is COc1ccc(C2=NN(C(=O)C[NH+]3CCC[C@@H](C)C3)[C@H](c3ccco3)C2)cc1. The Morgan fingerprint density at radius 1 is 1.32 bits per heavy atom. The lowest BCUT2D eigenvalue weighted by Gasteiger charge is -2.29. The standard InChI is InChI=1S/C22H27N3O3/c1-16-5-3-11-24(14-16)15-22(26)25-20(21-6-4-12-28-21)13-19(23-25)17-7-9-18(27-2)10-8-17/h4,6-10,12,16,20H,3,5,11,13-15H2,1-2H3/p+1/t16-,20+/m1/s1. The van der Waals surface area contributed by atoms with E-state index >= 15 is 0 Å². The second kappa shape index (κ2) is 8.19. The van der Waals surface area contributed by atoms with Gasteiger partial charge in [0.1, 0.15) is 17.6 Å². The lowest BCUT2D eigenvalue weighted by atomic mass is 10.0. The third-order valence-corrected chi connectivity index (χ3v) is 5.73. The molecule has 0 aliphatic carbocycles. The topological polar surface area (TPSA) is 59.5 Å². The number of hydrogen-bond acceptors (Lipinski definition) is 4. The van der Waals surface area contributed by atoms with E-state index in [1.165, 1.54) is 17.7 Å². The van der Waals surface area contributed by atoms with E-state index < -0.39 is 0 Å². The van der Waals surface area contributed by atoms with Crippen molar-refractivity contribution in [3.8, 4) is 5.75 Å². The molecule has 1 fully saturated rings. The quantitative estimate of drug-likeness (QED) is 0.863. The molecule has 1 aromatic heterocycles. The number of piperidine rings is 1. The van der Waals surface area contributed by atoms with Crippen LogP contribution in [0.3, 0.4) is 0 Å². The van der Waals surface area contributed by atoms with Gasteiger partial charge in [0.15, 0.2) is 6.54 Å². The molecule has 1 unspecified atom stereocenters. The average Bonchev–Trinajstić information content (AvgIpc) is 3.38. The molecule has 3 heterocycles. The lowest BCUT2D eigenvalue weighted by Crippen LogP contribution is -3.14. The number of hydrazone groups is 1. The number of likely N-dealkylation sites (tertiary alicyclic amines) is 1. The van der Waals surface area contributed by atoms with Crippen molar-refractivity contribution in [1.29, 1.82) is 0 Å². The Morgan fingerprint density at radius 2 is 2.14 bits per heavy atom. The molecule has 6 heteroatoms. The number of nitrogens with zero attached hydrogens (tertiary/aromatic N) is 2. The third-order valence-electron chi connectivity index (χ3n) is 5.73. The van der Waals surface area contributed by atoms with Gasteiger partial charge in [0, 0.05) is 12.3 Å². The number of hydrogen-bond donors (Lipinski definition) is 1. The van der Waals surface area contributed by atoms with Crippen LogP contribution < -0.4 is 9.64 Å². The highest BCUT2D eigenvalue weighted by molar-refractivity contribution is 6.03. The number of nitrogens with one attached hydrogen (secondary N) is 1. The van der Waals surface area contributed by atoms with Crippen LogP contribution in [-0.4, -0.2) is 43.4 Å². The molecule has 1 aromatic carbocycles. The first-order valence-corrected chi connectivity index (χ1v) is 10.0. The van der Waals surface area contributed by atoms with Crippen LogP contribution in [0.5, 0.6) is 5.75 Å². The maximum Gasteiger partial charge on any atom is 0.298 e. The number of quaternary nitrogens is 1. The first-order chi connectivity index (χ1) is 13.6. The number of carbonyl (C=O) groups excluding carboxylic acids is 1. The summed E-state index contributed by atoms with van der Waals surface area (Å²) in [6, 6.07) is 11.4. The van der Waals surface area contributed by atoms with Gasteiger partial charge in [-0.1, -0.05) is 6.92 Å². The summed E-state index contributed by atoms with van der Waals surface area (Å²) in [5.74, 6) is 2.33. The van der Waals surface area contributed by atoms with E-state index in [9.17, 15) is 4.79 Å². The van der Waals surface area contributed by atoms with Crippen molar-refractivity contribution in [1.82, 2.24) is 5.01 Å². The summed E-state index contributed by atoms with van der Waals surface area (Å²) in [6.45, 7) is 4.87. The zero-order chi connectivity index (χ0) is 19.5. The fraction of sp³-hybridized carbons (Fsp3) is 0.455. The van der Waals surface area contributed by atoms with Crippen LogP contribution in [0.15, 0.2) is 52.2 Å². The molecule has 1 N–H and O–H groups in total. The van der Waals surface area contributed by atoms with Gasteiger partial charge < -0.3 is 14.1 Å². The van der Waals surface area contributed by atoms with Crippen molar-refractivity contribution >= 4 is 11.6 Å². The number of furan rings is 1. The van der Waals surface area contributed by atoms with E-state index in [1.54, 1.807) is 18.4 Å². The monoisotopic (exact) mass is 382 g/mol. The minimum absolute atomic E-state index is 0.0639. The average molecular weight is 382 g/mol. The van der Waals surface area contributed by atoms with Crippen LogP contribution in [0.4, 0.5) is 0 Å². The molecule has 4 rings (SSSR count). The van der Waals surface area contributed by atoms with Crippen molar-refractivity contribution in [2.24, 2.45) is 11.0 Å². The van der Waals surface area contributed by atoms with Gasteiger partial charge in [0.2, 0.25) is 0 Å². The molecule has 2 aromatic rings. The highest BCUT2D eigenvalue weighted by Gasteiger charge is 2.36. The number of benzene rings is 1. The molecule has 1 saturated heterocycles. The molecule has 3 atom stereocenters. The molecule has 0 bridgehead atoms. The summed E-state index contributed by atoms with van der Waals surface area (Å²) in [4.78, 5) is 14.5. The van der Waals surface area contributed by atoms with E-state index in [-0.39, 0.29) is 11.9 Å². The number of amides is 1. The highest BCUT2D eigenvalue weighted by Crippen LogP contribution is 2.33. The molecular weight excluding hydrogens is 354 g/mol. The second-order valence-electron chi connectivity index (χ2n) is 7.88. The molecule has 0 radical (unpaired) electrons. The largest absolute Gasteiger partial charge is 0.497 e. The van der Waals surface area contributed by atoms with Crippen LogP contribution in [0.25, 0.3) is 0 Å². The summed E-state index contributed by atoms with van der Waals surface area (Å²) in [7, 11) is 1.65. The van der Waals surface area contributed by atoms with Crippen LogP contribution in [0.1, 0.15) is 43.6 Å². The smallest absolute Gasteiger partial charge is 0.298 e.